The van der Waals surface area contributed by atoms with Crippen molar-refractivity contribution in [3.8, 4) is 0 Å². The van der Waals surface area contributed by atoms with Gasteiger partial charge in [0.15, 0.2) is 0 Å². The number of halogens is 1. The highest BCUT2D eigenvalue weighted by molar-refractivity contribution is 6.31. The molecule has 0 atom stereocenters. The number of ether oxygens (including phenoxy) is 3. The van der Waals surface area contributed by atoms with Crippen LogP contribution in [0.15, 0.2) is 18.2 Å². The van der Waals surface area contributed by atoms with Crippen LogP contribution < -0.4 is 11.1 Å². The van der Waals surface area contributed by atoms with E-state index in [-0.39, 0.29) is 12.5 Å². The van der Waals surface area contributed by atoms with E-state index in [1.807, 2.05) is 0 Å². The minimum Gasteiger partial charge on any atom is -0.397 e. The first-order chi connectivity index (χ1) is 10.1. The van der Waals surface area contributed by atoms with Gasteiger partial charge in [0, 0.05) is 25.3 Å². The normalized spacial score (nSPS) is 10.6. The van der Waals surface area contributed by atoms with Gasteiger partial charge >= 0.3 is 0 Å². The second kappa shape index (κ2) is 10.4. The first-order valence-corrected chi connectivity index (χ1v) is 7.00. The predicted octanol–water partition coefficient (Wildman–Crippen LogP) is 1.93. The number of carbonyl (C=O) groups excluding carboxylic acids is 1. The summed E-state index contributed by atoms with van der Waals surface area (Å²) in [5, 5.41) is 3.14. The van der Waals surface area contributed by atoms with Gasteiger partial charge in [-0.2, -0.15) is 0 Å². The summed E-state index contributed by atoms with van der Waals surface area (Å²) in [4.78, 5) is 11.7. The Morgan fingerprint density at radius 3 is 2.76 bits per heavy atom. The molecule has 0 saturated carbocycles. The van der Waals surface area contributed by atoms with Crippen LogP contribution in [0.2, 0.25) is 5.02 Å². The van der Waals surface area contributed by atoms with E-state index in [9.17, 15) is 4.79 Å². The molecular formula is C14H21ClN2O4. The Hall–Kier alpha value is -1.34. The average Bonchev–Trinajstić information content (AvgIpc) is 2.46. The van der Waals surface area contributed by atoms with Gasteiger partial charge in [0.25, 0.3) is 0 Å². The van der Waals surface area contributed by atoms with E-state index in [4.69, 9.17) is 31.5 Å². The number of nitrogens with two attached hydrogens (primary N) is 1. The molecular weight excluding hydrogens is 296 g/mol. The number of amides is 1. The molecule has 1 aromatic carbocycles. The fraction of sp³-hybridized carbons (Fsp3) is 0.500. The van der Waals surface area contributed by atoms with Crippen molar-refractivity contribution in [2.75, 3.05) is 51.2 Å². The van der Waals surface area contributed by atoms with E-state index in [1.165, 1.54) is 0 Å². The standard InChI is InChI=1S/C14H21ClN2O4/c1-19-5-2-6-20-7-8-21-10-14(18)17-13-9-11(15)3-4-12(13)16/h3-4,9H,2,5-8,10,16H2,1H3,(H,17,18). The molecule has 1 aromatic rings. The summed E-state index contributed by atoms with van der Waals surface area (Å²) in [5.74, 6) is -0.289. The minimum atomic E-state index is -0.289. The van der Waals surface area contributed by atoms with Gasteiger partial charge in [-0.05, 0) is 24.6 Å². The molecule has 0 heterocycles. The summed E-state index contributed by atoms with van der Waals surface area (Å²) in [6.45, 7) is 2.02. The first kappa shape index (κ1) is 17.7. The molecule has 0 fully saturated rings. The van der Waals surface area contributed by atoms with Crippen LogP contribution in [0.1, 0.15) is 6.42 Å². The van der Waals surface area contributed by atoms with Crippen LogP contribution in [0.5, 0.6) is 0 Å². The Labute approximate surface area is 129 Å². The highest BCUT2D eigenvalue weighted by Crippen LogP contribution is 2.22. The van der Waals surface area contributed by atoms with Gasteiger partial charge in [-0.3, -0.25) is 4.79 Å². The summed E-state index contributed by atoms with van der Waals surface area (Å²) >= 11 is 5.83. The zero-order chi connectivity index (χ0) is 15.5. The van der Waals surface area contributed by atoms with Gasteiger partial charge in [-0.25, -0.2) is 0 Å². The van der Waals surface area contributed by atoms with E-state index in [1.54, 1.807) is 25.3 Å². The van der Waals surface area contributed by atoms with E-state index in [2.05, 4.69) is 5.32 Å². The lowest BCUT2D eigenvalue weighted by atomic mass is 10.2. The molecule has 7 heteroatoms. The highest BCUT2D eigenvalue weighted by Gasteiger charge is 2.06. The van der Waals surface area contributed by atoms with Crippen LogP contribution in [0, 0.1) is 0 Å². The number of methoxy groups -OCH3 is 1. The topological polar surface area (TPSA) is 82.8 Å². The largest absolute Gasteiger partial charge is 0.397 e. The van der Waals surface area contributed by atoms with E-state index >= 15 is 0 Å². The molecule has 0 bridgehead atoms. The van der Waals surface area contributed by atoms with Crippen LogP contribution in [0.3, 0.4) is 0 Å². The molecule has 6 nitrogen and oxygen atoms in total. The third-order valence-electron chi connectivity index (χ3n) is 2.53. The average molecular weight is 317 g/mol. The van der Waals surface area contributed by atoms with Gasteiger partial charge in [0.2, 0.25) is 5.91 Å². The lowest BCUT2D eigenvalue weighted by Gasteiger charge is -2.09. The summed E-state index contributed by atoms with van der Waals surface area (Å²) in [7, 11) is 1.65. The molecule has 0 aliphatic rings. The number of anilines is 2. The molecule has 118 valence electrons. The smallest absolute Gasteiger partial charge is 0.250 e. The summed E-state index contributed by atoms with van der Waals surface area (Å²) in [5.41, 5.74) is 6.66. The highest BCUT2D eigenvalue weighted by atomic mass is 35.5. The van der Waals surface area contributed by atoms with Crippen molar-refractivity contribution in [1.82, 2.24) is 0 Å². The maximum atomic E-state index is 11.7. The summed E-state index contributed by atoms with van der Waals surface area (Å²) in [6.07, 6.45) is 0.838. The van der Waals surface area contributed by atoms with Crippen molar-refractivity contribution in [2.24, 2.45) is 0 Å². The van der Waals surface area contributed by atoms with Gasteiger partial charge in [-0.15, -0.1) is 0 Å². The molecule has 0 aliphatic heterocycles. The van der Waals surface area contributed by atoms with Crippen LogP contribution in [0.25, 0.3) is 0 Å². The summed E-state index contributed by atoms with van der Waals surface area (Å²) in [6, 6.07) is 4.88. The maximum Gasteiger partial charge on any atom is 0.250 e. The van der Waals surface area contributed by atoms with Gasteiger partial charge in [0.1, 0.15) is 6.61 Å². The number of hydrogen-bond donors (Lipinski definition) is 2. The van der Waals surface area contributed by atoms with Gasteiger partial charge in [0.05, 0.1) is 24.6 Å². The Balaban J connectivity index is 2.13. The molecule has 0 radical (unpaired) electrons. The Morgan fingerprint density at radius 2 is 2.00 bits per heavy atom. The van der Waals surface area contributed by atoms with Crippen LogP contribution in [0.4, 0.5) is 11.4 Å². The molecule has 0 spiro atoms. The number of hydrogen-bond acceptors (Lipinski definition) is 5. The number of carbonyl (C=O) groups is 1. The van der Waals surface area contributed by atoms with Crippen molar-refractivity contribution < 1.29 is 19.0 Å². The summed E-state index contributed by atoms with van der Waals surface area (Å²) < 4.78 is 15.4. The van der Waals surface area contributed by atoms with Crippen molar-refractivity contribution >= 4 is 28.9 Å². The first-order valence-electron chi connectivity index (χ1n) is 6.62. The Kier molecular flexibility index (Phi) is 8.77. The number of rotatable bonds is 10. The van der Waals surface area contributed by atoms with Crippen molar-refractivity contribution in [3.63, 3.8) is 0 Å². The van der Waals surface area contributed by atoms with Crippen LogP contribution in [-0.4, -0.2) is 46.1 Å². The van der Waals surface area contributed by atoms with Crippen LogP contribution in [-0.2, 0) is 19.0 Å². The third-order valence-corrected chi connectivity index (χ3v) is 2.77. The predicted molar refractivity (Wildman–Crippen MR) is 82.6 cm³/mol. The fourth-order valence-electron chi connectivity index (χ4n) is 1.51. The maximum absolute atomic E-state index is 11.7. The molecule has 0 aromatic heterocycles. The molecule has 1 rings (SSSR count). The lowest BCUT2D eigenvalue weighted by molar-refractivity contribution is -0.121. The molecule has 21 heavy (non-hydrogen) atoms. The monoisotopic (exact) mass is 316 g/mol. The number of benzene rings is 1. The molecule has 1 amide bonds. The van der Waals surface area contributed by atoms with Gasteiger partial charge in [-0.1, -0.05) is 11.6 Å². The second-order valence-corrected chi connectivity index (χ2v) is 4.73. The minimum absolute atomic E-state index is 0.0621. The zero-order valence-electron chi connectivity index (χ0n) is 12.1. The molecule has 3 N–H and O–H groups in total. The van der Waals surface area contributed by atoms with Crippen LogP contribution >= 0.6 is 11.6 Å². The van der Waals surface area contributed by atoms with E-state index in [0.717, 1.165) is 6.42 Å². The van der Waals surface area contributed by atoms with Gasteiger partial charge < -0.3 is 25.3 Å². The molecule has 0 aliphatic carbocycles. The Morgan fingerprint density at radius 1 is 1.24 bits per heavy atom. The van der Waals surface area contributed by atoms with Crippen molar-refractivity contribution in [2.45, 2.75) is 6.42 Å². The zero-order valence-corrected chi connectivity index (χ0v) is 12.8. The molecule has 0 unspecified atom stereocenters. The van der Waals surface area contributed by atoms with Crippen molar-refractivity contribution in [3.05, 3.63) is 23.2 Å². The van der Waals surface area contributed by atoms with Crippen molar-refractivity contribution in [1.29, 1.82) is 0 Å². The SMILES string of the molecule is COCCCOCCOCC(=O)Nc1cc(Cl)ccc1N. The Bertz CT molecular complexity index is 443. The number of nitrogen functional groups attached to an aromatic ring is 1. The number of nitrogens with one attached hydrogen (secondary N) is 1. The molecule has 0 saturated heterocycles. The lowest BCUT2D eigenvalue weighted by Crippen LogP contribution is -2.20. The van der Waals surface area contributed by atoms with E-state index < -0.39 is 0 Å². The fourth-order valence-corrected chi connectivity index (χ4v) is 1.69. The third kappa shape index (κ3) is 7.87. The van der Waals surface area contributed by atoms with E-state index in [0.29, 0.717) is 42.8 Å². The second-order valence-electron chi connectivity index (χ2n) is 4.29. The quantitative estimate of drug-likeness (QED) is 0.509.